The Morgan fingerprint density at radius 1 is 1.18 bits per heavy atom. The Balaban J connectivity index is 1.94. The largest absolute Gasteiger partial charge is 0.497 e. The van der Waals surface area contributed by atoms with Crippen LogP contribution in [-0.2, 0) is 14.4 Å². The number of nitrogens with one attached hydrogen (secondary N) is 3. The van der Waals surface area contributed by atoms with Gasteiger partial charge in [-0.2, -0.15) is 0 Å². The number of benzene rings is 1. The topological polar surface area (TPSA) is 114 Å². The normalized spacial score (nSPS) is 14.1. The molecule has 0 unspecified atom stereocenters. The Hall–Kier alpha value is -2.90. The standard InChI is InChI=1S/C20H27N3O5/c1-12(2)9-16(23-18(25)13-5-4-6-15(10-13)28-3)19(26)21-11-17(24)20(27)22-14-7-8-14/h4-6,10,12,14,16H,7-9,11H2,1-3H3,(H,21,26)(H,22,27)(H,23,25)/t16-/m0/s1. The lowest BCUT2D eigenvalue weighted by Gasteiger charge is -2.20. The van der Waals surface area contributed by atoms with Crippen LogP contribution in [0, 0.1) is 5.92 Å². The molecule has 2 rings (SSSR count). The number of methoxy groups -OCH3 is 1. The van der Waals surface area contributed by atoms with Gasteiger partial charge in [0.25, 0.3) is 11.8 Å². The molecule has 28 heavy (non-hydrogen) atoms. The maximum Gasteiger partial charge on any atom is 0.289 e. The maximum absolute atomic E-state index is 12.5. The molecule has 8 heteroatoms. The second-order valence-electron chi connectivity index (χ2n) is 7.28. The summed E-state index contributed by atoms with van der Waals surface area (Å²) in [6, 6.07) is 5.84. The van der Waals surface area contributed by atoms with Crippen LogP contribution in [-0.4, -0.2) is 49.2 Å². The van der Waals surface area contributed by atoms with Crippen LogP contribution in [0.1, 0.15) is 43.5 Å². The highest BCUT2D eigenvalue weighted by atomic mass is 16.5. The quantitative estimate of drug-likeness (QED) is 0.512. The number of rotatable bonds is 10. The summed E-state index contributed by atoms with van der Waals surface area (Å²) >= 11 is 0. The molecule has 1 aromatic carbocycles. The smallest absolute Gasteiger partial charge is 0.289 e. The first-order valence-electron chi connectivity index (χ1n) is 9.36. The number of Topliss-reactive ketones (excluding diaryl/α,β-unsaturated/α-hetero) is 1. The van der Waals surface area contributed by atoms with E-state index in [1.54, 1.807) is 24.3 Å². The van der Waals surface area contributed by atoms with Crippen LogP contribution in [0.3, 0.4) is 0 Å². The van der Waals surface area contributed by atoms with E-state index in [0.717, 1.165) is 12.8 Å². The van der Waals surface area contributed by atoms with Crippen molar-refractivity contribution >= 4 is 23.5 Å². The van der Waals surface area contributed by atoms with E-state index in [-0.39, 0.29) is 12.0 Å². The van der Waals surface area contributed by atoms with Crippen molar-refractivity contribution in [2.45, 2.75) is 45.2 Å². The van der Waals surface area contributed by atoms with Gasteiger partial charge in [0, 0.05) is 11.6 Å². The Morgan fingerprint density at radius 2 is 1.89 bits per heavy atom. The van der Waals surface area contributed by atoms with Crippen molar-refractivity contribution in [3.05, 3.63) is 29.8 Å². The van der Waals surface area contributed by atoms with Gasteiger partial charge >= 0.3 is 0 Å². The number of ether oxygens (including phenoxy) is 1. The fourth-order valence-electron chi connectivity index (χ4n) is 2.57. The molecule has 0 aromatic heterocycles. The summed E-state index contributed by atoms with van der Waals surface area (Å²) in [4.78, 5) is 48.5. The van der Waals surface area contributed by atoms with Crippen LogP contribution >= 0.6 is 0 Å². The molecule has 0 aliphatic heterocycles. The summed E-state index contributed by atoms with van der Waals surface area (Å²) in [6.07, 6.45) is 2.14. The fourth-order valence-corrected chi connectivity index (χ4v) is 2.57. The van der Waals surface area contributed by atoms with Crippen LogP contribution in [0.15, 0.2) is 24.3 Å². The van der Waals surface area contributed by atoms with E-state index in [1.807, 2.05) is 13.8 Å². The van der Waals surface area contributed by atoms with Crippen molar-refractivity contribution in [1.82, 2.24) is 16.0 Å². The molecule has 3 N–H and O–H groups in total. The van der Waals surface area contributed by atoms with Crippen LogP contribution in [0.25, 0.3) is 0 Å². The lowest BCUT2D eigenvalue weighted by Crippen LogP contribution is -2.49. The molecule has 1 saturated carbocycles. The molecule has 0 spiro atoms. The average Bonchev–Trinajstić information content (AvgIpc) is 3.48. The van der Waals surface area contributed by atoms with E-state index < -0.39 is 36.1 Å². The Bertz CT molecular complexity index is 743. The highest BCUT2D eigenvalue weighted by Crippen LogP contribution is 2.18. The molecule has 8 nitrogen and oxygen atoms in total. The molecule has 0 radical (unpaired) electrons. The third kappa shape index (κ3) is 6.68. The first-order valence-corrected chi connectivity index (χ1v) is 9.36. The summed E-state index contributed by atoms with van der Waals surface area (Å²) in [7, 11) is 1.50. The molecular weight excluding hydrogens is 362 g/mol. The fraction of sp³-hybridized carbons (Fsp3) is 0.500. The number of hydrogen-bond donors (Lipinski definition) is 3. The summed E-state index contributed by atoms with van der Waals surface area (Å²) in [5.41, 5.74) is 0.362. The van der Waals surface area contributed by atoms with Crippen molar-refractivity contribution in [1.29, 1.82) is 0 Å². The van der Waals surface area contributed by atoms with Gasteiger partial charge in [-0.25, -0.2) is 0 Å². The van der Waals surface area contributed by atoms with Gasteiger partial charge < -0.3 is 20.7 Å². The highest BCUT2D eigenvalue weighted by molar-refractivity contribution is 6.37. The summed E-state index contributed by atoms with van der Waals surface area (Å²) in [5, 5.41) is 7.73. The predicted octanol–water partition coefficient (Wildman–Crippen LogP) is 0.804. The van der Waals surface area contributed by atoms with E-state index in [2.05, 4.69) is 16.0 Å². The minimum atomic E-state index is -0.821. The molecular formula is C20H27N3O5. The minimum absolute atomic E-state index is 0.0722. The summed E-state index contributed by atoms with van der Waals surface area (Å²) < 4.78 is 5.11. The Kier molecular flexibility index (Phi) is 7.54. The van der Waals surface area contributed by atoms with Gasteiger partial charge in [0.1, 0.15) is 11.8 Å². The molecule has 1 aliphatic carbocycles. The zero-order valence-corrected chi connectivity index (χ0v) is 16.4. The number of ketones is 1. The number of amides is 3. The lowest BCUT2D eigenvalue weighted by atomic mass is 10.0. The van der Waals surface area contributed by atoms with Gasteiger partial charge in [-0.15, -0.1) is 0 Å². The second-order valence-corrected chi connectivity index (χ2v) is 7.28. The summed E-state index contributed by atoms with van der Waals surface area (Å²) in [6.45, 7) is 3.44. The average molecular weight is 389 g/mol. The van der Waals surface area contributed by atoms with Crippen LogP contribution in [0.5, 0.6) is 5.75 Å². The maximum atomic E-state index is 12.5. The highest BCUT2D eigenvalue weighted by Gasteiger charge is 2.27. The van der Waals surface area contributed by atoms with Gasteiger partial charge in [0.2, 0.25) is 11.7 Å². The monoisotopic (exact) mass is 389 g/mol. The molecule has 1 aliphatic rings. The van der Waals surface area contributed by atoms with Gasteiger partial charge in [0.05, 0.1) is 13.7 Å². The van der Waals surface area contributed by atoms with E-state index in [4.69, 9.17) is 4.74 Å². The lowest BCUT2D eigenvalue weighted by molar-refractivity contribution is -0.138. The van der Waals surface area contributed by atoms with Crippen molar-refractivity contribution in [2.75, 3.05) is 13.7 Å². The van der Waals surface area contributed by atoms with Crippen molar-refractivity contribution in [3.8, 4) is 5.75 Å². The molecule has 1 fully saturated rings. The first kappa shape index (κ1) is 21.4. The van der Waals surface area contributed by atoms with Crippen LogP contribution in [0.2, 0.25) is 0 Å². The number of hydrogen-bond acceptors (Lipinski definition) is 5. The molecule has 3 amide bonds. The molecule has 1 aromatic rings. The molecule has 0 saturated heterocycles. The minimum Gasteiger partial charge on any atom is -0.497 e. The number of carbonyl (C=O) groups excluding carboxylic acids is 4. The molecule has 152 valence electrons. The number of carbonyl (C=O) groups is 4. The van der Waals surface area contributed by atoms with Gasteiger partial charge in [-0.1, -0.05) is 19.9 Å². The third-order valence-corrected chi connectivity index (χ3v) is 4.25. The van der Waals surface area contributed by atoms with Gasteiger partial charge in [-0.05, 0) is 43.4 Å². The zero-order chi connectivity index (χ0) is 20.7. The molecule has 0 bridgehead atoms. The van der Waals surface area contributed by atoms with E-state index in [0.29, 0.717) is 17.7 Å². The van der Waals surface area contributed by atoms with Crippen molar-refractivity contribution in [3.63, 3.8) is 0 Å². The SMILES string of the molecule is COc1cccc(C(=O)N[C@@H](CC(C)C)C(=O)NCC(=O)C(=O)NC2CC2)c1. The zero-order valence-electron chi connectivity index (χ0n) is 16.4. The molecule has 0 heterocycles. The van der Waals surface area contributed by atoms with E-state index >= 15 is 0 Å². The van der Waals surface area contributed by atoms with E-state index in [1.165, 1.54) is 7.11 Å². The van der Waals surface area contributed by atoms with Gasteiger partial charge in [-0.3, -0.25) is 19.2 Å². The first-order chi connectivity index (χ1) is 13.3. The Labute approximate surface area is 164 Å². The second kappa shape index (κ2) is 9.87. The molecule has 1 atom stereocenters. The van der Waals surface area contributed by atoms with Gasteiger partial charge in [0.15, 0.2) is 0 Å². The third-order valence-electron chi connectivity index (χ3n) is 4.25. The predicted molar refractivity (Wildman–Crippen MR) is 103 cm³/mol. The van der Waals surface area contributed by atoms with Crippen molar-refractivity contribution < 1.29 is 23.9 Å². The van der Waals surface area contributed by atoms with Crippen LogP contribution < -0.4 is 20.7 Å². The summed E-state index contributed by atoms with van der Waals surface area (Å²) in [5.74, 6) is -1.65. The Morgan fingerprint density at radius 3 is 2.50 bits per heavy atom. The van der Waals surface area contributed by atoms with Crippen molar-refractivity contribution in [2.24, 2.45) is 5.92 Å². The van der Waals surface area contributed by atoms with E-state index in [9.17, 15) is 19.2 Å². The van der Waals surface area contributed by atoms with Crippen LogP contribution in [0.4, 0.5) is 0 Å².